The molecule has 0 aliphatic carbocycles. The number of rotatable bonds is 4. The quantitative estimate of drug-likeness (QED) is 0.902. The Morgan fingerprint density at radius 2 is 2.00 bits per heavy atom. The minimum Gasteiger partial charge on any atom is -0.386 e. The maximum Gasteiger partial charge on any atom is 0.144 e. The van der Waals surface area contributed by atoms with Crippen LogP contribution in [-0.2, 0) is 0 Å². The Morgan fingerprint density at radius 1 is 1.30 bits per heavy atom. The summed E-state index contributed by atoms with van der Waals surface area (Å²) in [6.07, 6.45) is 0.929. The SMILES string of the molecule is C[C@@H](Nc1ncccc1C#N)[C@@H](O)c1ccc(Br)cc1. The average Bonchev–Trinajstić information content (AvgIpc) is 2.48. The van der Waals surface area contributed by atoms with Crippen LogP contribution in [0.2, 0.25) is 0 Å². The fourth-order valence-electron chi connectivity index (χ4n) is 1.85. The van der Waals surface area contributed by atoms with Crippen LogP contribution in [0.1, 0.15) is 24.2 Å². The molecule has 0 spiro atoms. The van der Waals surface area contributed by atoms with Crippen molar-refractivity contribution in [3.8, 4) is 6.07 Å². The second-order valence-corrected chi connectivity index (χ2v) is 5.36. The molecule has 0 amide bonds. The Hall–Kier alpha value is -1.90. The van der Waals surface area contributed by atoms with Crippen molar-refractivity contribution in [1.29, 1.82) is 5.26 Å². The summed E-state index contributed by atoms with van der Waals surface area (Å²) in [5, 5.41) is 22.4. The molecule has 0 aliphatic rings. The van der Waals surface area contributed by atoms with E-state index in [0.29, 0.717) is 11.4 Å². The minimum absolute atomic E-state index is 0.266. The monoisotopic (exact) mass is 331 g/mol. The smallest absolute Gasteiger partial charge is 0.144 e. The van der Waals surface area contributed by atoms with Crippen LogP contribution >= 0.6 is 15.9 Å². The first kappa shape index (κ1) is 14.5. The van der Waals surface area contributed by atoms with E-state index in [1.165, 1.54) is 0 Å². The number of nitrogens with zero attached hydrogens (tertiary/aromatic N) is 2. The van der Waals surface area contributed by atoms with Crippen molar-refractivity contribution in [3.05, 3.63) is 58.2 Å². The van der Waals surface area contributed by atoms with Crippen LogP contribution in [0.25, 0.3) is 0 Å². The van der Waals surface area contributed by atoms with Gasteiger partial charge < -0.3 is 10.4 Å². The molecular formula is C15H14BrN3O. The van der Waals surface area contributed by atoms with Crippen molar-refractivity contribution in [2.45, 2.75) is 19.1 Å². The zero-order valence-electron chi connectivity index (χ0n) is 10.9. The largest absolute Gasteiger partial charge is 0.386 e. The first-order chi connectivity index (χ1) is 9.61. The Kier molecular flexibility index (Phi) is 4.72. The molecule has 2 atom stereocenters. The van der Waals surface area contributed by atoms with Crippen molar-refractivity contribution < 1.29 is 5.11 Å². The van der Waals surface area contributed by atoms with Gasteiger partial charge in [0.1, 0.15) is 11.9 Å². The third-order valence-corrected chi connectivity index (χ3v) is 3.51. The van der Waals surface area contributed by atoms with Gasteiger partial charge in [-0.2, -0.15) is 5.26 Å². The third kappa shape index (κ3) is 3.35. The Morgan fingerprint density at radius 3 is 2.65 bits per heavy atom. The molecule has 0 aliphatic heterocycles. The zero-order valence-corrected chi connectivity index (χ0v) is 12.5. The van der Waals surface area contributed by atoms with Crippen molar-refractivity contribution >= 4 is 21.7 Å². The standard InChI is InChI=1S/C15H14BrN3O/c1-10(14(20)11-4-6-13(16)7-5-11)19-15-12(9-17)3-2-8-18-15/h2-8,10,14,20H,1H3,(H,18,19)/t10-,14-/m1/s1. The minimum atomic E-state index is -0.684. The Bertz CT molecular complexity index is 622. The zero-order chi connectivity index (χ0) is 14.5. The molecule has 0 saturated heterocycles. The van der Waals surface area contributed by atoms with Gasteiger partial charge in [-0.1, -0.05) is 28.1 Å². The number of aliphatic hydroxyl groups excluding tert-OH is 1. The van der Waals surface area contributed by atoms with E-state index in [1.54, 1.807) is 18.3 Å². The van der Waals surface area contributed by atoms with Crippen LogP contribution in [-0.4, -0.2) is 16.1 Å². The fraction of sp³-hybridized carbons (Fsp3) is 0.200. The summed E-state index contributed by atoms with van der Waals surface area (Å²) in [4.78, 5) is 4.13. The van der Waals surface area contributed by atoms with Crippen LogP contribution < -0.4 is 5.32 Å². The molecule has 1 aromatic heterocycles. The number of halogens is 1. The highest BCUT2D eigenvalue weighted by atomic mass is 79.9. The first-order valence-electron chi connectivity index (χ1n) is 6.17. The van der Waals surface area contributed by atoms with E-state index in [2.05, 4.69) is 32.3 Å². The summed E-state index contributed by atoms with van der Waals surface area (Å²) in [5.41, 5.74) is 1.27. The van der Waals surface area contributed by atoms with Gasteiger partial charge in [0, 0.05) is 10.7 Å². The normalized spacial score (nSPS) is 13.3. The van der Waals surface area contributed by atoms with E-state index in [0.717, 1.165) is 10.0 Å². The molecule has 0 saturated carbocycles. The molecule has 4 nitrogen and oxygen atoms in total. The van der Waals surface area contributed by atoms with Gasteiger partial charge in [0.25, 0.3) is 0 Å². The molecule has 0 unspecified atom stereocenters. The number of pyridine rings is 1. The number of nitrogens with one attached hydrogen (secondary N) is 1. The van der Waals surface area contributed by atoms with Crippen molar-refractivity contribution in [2.75, 3.05) is 5.32 Å². The Balaban J connectivity index is 2.13. The lowest BCUT2D eigenvalue weighted by atomic mass is 10.0. The molecule has 0 bridgehead atoms. The lowest BCUT2D eigenvalue weighted by Gasteiger charge is -2.21. The van der Waals surface area contributed by atoms with Gasteiger partial charge in [-0.05, 0) is 36.8 Å². The molecule has 5 heteroatoms. The maximum atomic E-state index is 10.3. The maximum absolute atomic E-state index is 10.3. The van der Waals surface area contributed by atoms with Crippen LogP contribution in [0.3, 0.4) is 0 Å². The molecule has 1 aromatic carbocycles. The average molecular weight is 332 g/mol. The van der Waals surface area contributed by atoms with Gasteiger partial charge in [-0.15, -0.1) is 0 Å². The number of anilines is 1. The number of hydrogen-bond acceptors (Lipinski definition) is 4. The van der Waals surface area contributed by atoms with Gasteiger partial charge in [0.2, 0.25) is 0 Å². The van der Waals surface area contributed by atoms with Gasteiger partial charge in [0.05, 0.1) is 17.7 Å². The van der Waals surface area contributed by atoms with Crippen LogP contribution in [0, 0.1) is 11.3 Å². The predicted molar refractivity (Wildman–Crippen MR) is 81.1 cm³/mol. The molecule has 2 aromatic rings. The summed E-state index contributed by atoms with van der Waals surface area (Å²) in [5.74, 6) is 0.485. The van der Waals surface area contributed by atoms with Crippen LogP contribution in [0.15, 0.2) is 47.1 Å². The molecule has 0 fully saturated rings. The van der Waals surface area contributed by atoms with Gasteiger partial charge in [-0.25, -0.2) is 4.98 Å². The number of hydrogen-bond donors (Lipinski definition) is 2. The van der Waals surface area contributed by atoms with Crippen LogP contribution in [0.4, 0.5) is 5.82 Å². The summed E-state index contributed by atoms with van der Waals surface area (Å²) in [6, 6.07) is 12.7. The van der Waals surface area contributed by atoms with Gasteiger partial charge in [0.15, 0.2) is 0 Å². The van der Waals surface area contributed by atoms with Crippen molar-refractivity contribution in [3.63, 3.8) is 0 Å². The lowest BCUT2D eigenvalue weighted by molar-refractivity contribution is 0.160. The van der Waals surface area contributed by atoms with Gasteiger partial charge >= 0.3 is 0 Å². The fourth-order valence-corrected chi connectivity index (χ4v) is 2.12. The topological polar surface area (TPSA) is 68.9 Å². The highest BCUT2D eigenvalue weighted by molar-refractivity contribution is 9.10. The molecule has 2 N–H and O–H groups in total. The van der Waals surface area contributed by atoms with Gasteiger partial charge in [-0.3, -0.25) is 0 Å². The third-order valence-electron chi connectivity index (χ3n) is 2.98. The highest BCUT2D eigenvalue weighted by Crippen LogP contribution is 2.22. The van der Waals surface area contributed by atoms with E-state index in [1.807, 2.05) is 31.2 Å². The number of aliphatic hydroxyl groups is 1. The second kappa shape index (κ2) is 6.51. The molecule has 102 valence electrons. The summed E-state index contributed by atoms with van der Waals surface area (Å²) in [6.45, 7) is 1.85. The molecule has 2 rings (SSSR count). The summed E-state index contributed by atoms with van der Waals surface area (Å²) >= 11 is 3.36. The Labute approximate surface area is 126 Å². The van der Waals surface area contributed by atoms with E-state index in [9.17, 15) is 5.11 Å². The molecule has 20 heavy (non-hydrogen) atoms. The molecule has 0 radical (unpaired) electrons. The van der Waals surface area contributed by atoms with Crippen LogP contribution in [0.5, 0.6) is 0 Å². The van der Waals surface area contributed by atoms with E-state index in [4.69, 9.17) is 5.26 Å². The highest BCUT2D eigenvalue weighted by Gasteiger charge is 2.17. The van der Waals surface area contributed by atoms with Crippen molar-refractivity contribution in [2.24, 2.45) is 0 Å². The molecular weight excluding hydrogens is 318 g/mol. The number of aromatic nitrogens is 1. The first-order valence-corrected chi connectivity index (χ1v) is 6.96. The second-order valence-electron chi connectivity index (χ2n) is 4.44. The summed E-state index contributed by atoms with van der Waals surface area (Å²) in [7, 11) is 0. The van der Waals surface area contributed by atoms with E-state index < -0.39 is 6.10 Å². The van der Waals surface area contributed by atoms with E-state index in [-0.39, 0.29) is 6.04 Å². The molecule has 1 heterocycles. The number of nitriles is 1. The number of benzene rings is 1. The predicted octanol–water partition coefficient (Wildman–Crippen LogP) is 3.25. The van der Waals surface area contributed by atoms with Crippen molar-refractivity contribution in [1.82, 2.24) is 4.98 Å². The summed E-state index contributed by atoms with van der Waals surface area (Å²) < 4.78 is 0.963. The lowest BCUT2D eigenvalue weighted by Crippen LogP contribution is -2.25. The van der Waals surface area contributed by atoms with E-state index >= 15 is 0 Å².